The smallest absolute Gasteiger partial charge is 0.0543 e. The molecule has 0 aromatic heterocycles. The predicted molar refractivity (Wildman–Crippen MR) is 265 cm³/mol. The summed E-state index contributed by atoms with van der Waals surface area (Å²) in [6, 6.07) is 77.3. The molecular weight excluding hydrogens is 759 g/mol. The third kappa shape index (κ3) is 5.36. The maximum atomic E-state index is 2.51. The first-order chi connectivity index (χ1) is 30.7. The van der Waals surface area contributed by atoms with E-state index in [1.807, 2.05) is 0 Å². The van der Waals surface area contributed by atoms with Crippen molar-refractivity contribution in [2.24, 2.45) is 0 Å². The van der Waals surface area contributed by atoms with Gasteiger partial charge in [-0.1, -0.05) is 198 Å². The van der Waals surface area contributed by atoms with Gasteiger partial charge >= 0.3 is 0 Å². The maximum absolute atomic E-state index is 2.51. The van der Waals surface area contributed by atoms with E-state index in [0.717, 1.165) is 11.4 Å². The van der Waals surface area contributed by atoms with Crippen LogP contribution in [0.5, 0.6) is 0 Å². The summed E-state index contributed by atoms with van der Waals surface area (Å²) in [5, 5.41) is 0. The lowest BCUT2D eigenvalue weighted by atomic mass is 9.74. The minimum Gasteiger partial charge on any atom is -0.310 e. The highest BCUT2D eigenvalue weighted by atomic mass is 15.1. The highest BCUT2D eigenvalue weighted by Crippen LogP contribution is 2.58. The SMILES string of the molecule is CC1(C)c2ccccc2-c2ccc(-c3ccc(N(c4cccc(-c5cccc6c5C(C)(C)c5ccccc5-6)c4)c4cccc5c4-c4ccccc4C5(C)c4ccccc4)cc3)cc21. The van der Waals surface area contributed by atoms with Gasteiger partial charge in [-0.3, -0.25) is 0 Å². The summed E-state index contributed by atoms with van der Waals surface area (Å²) in [4.78, 5) is 2.51. The average Bonchev–Trinajstić information content (AvgIpc) is 3.84. The lowest BCUT2D eigenvalue weighted by molar-refractivity contribution is 0.660. The molecule has 9 aromatic rings. The van der Waals surface area contributed by atoms with Crippen LogP contribution >= 0.6 is 0 Å². The van der Waals surface area contributed by atoms with Crippen molar-refractivity contribution >= 4 is 17.1 Å². The highest BCUT2D eigenvalue weighted by molar-refractivity contribution is 5.97. The summed E-state index contributed by atoms with van der Waals surface area (Å²) >= 11 is 0. The Kier molecular flexibility index (Phi) is 8.13. The molecule has 1 atom stereocenters. The van der Waals surface area contributed by atoms with E-state index in [2.05, 4.69) is 246 Å². The first-order valence-corrected chi connectivity index (χ1v) is 22.4. The van der Waals surface area contributed by atoms with Crippen molar-refractivity contribution < 1.29 is 0 Å². The molecule has 0 radical (unpaired) electrons. The number of benzene rings is 9. The predicted octanol–water partition coefficient (Wildman–Crippen LogP) is 16.4. The van der Waals surface area contributed by atoms with Gasteiger partial charge in [0.15, 0.2) is 0 Å². The zero-order chi connectivity index (χ0) is 42.7. The molecule has 0 saturated carbocycles. The molecule has 0 aliphatic heterocycles. The van der Waals surface area contributed by atoms with Crippen molar-refractivity contribution in [3.8, 4) is 55.6 Å². The summed E-state index contributed by atoms with van der Waals surface area (Å²) in [5.41, 5.74) is 25.4. The van der Waals surface area contributed by atoms with Gasteiger partial charge in [-0.05, 0) is 132 Å². The van der Waals surface area contributed by atoms with Gasteiger partial charge in [-0.15, -0.1) is 0 Å². The van der Waals surface area contributed by atoms with Gasteiger partial charge in [0.05, 0.1) is 5.69 Å². The quantitative estimate of drug-likeness (QED) is 0.162. The molecule has 3 aliphatic rings. The number of hydrogen-bond acceptors (Lipinski definition) is 1. The van der Waals surface area contributed by atoms with Gasteiger partial charge in [0.1, 0.15) is 0 Å². The van der Waals surface area contributed by atoms with Gasteiger partial charge in [-0.2, -0.15) is 0 Å². The van der Waals surface area contributed by atoms with Crippen molar-refractivity contribution in [2.75, 3.05) is 4.90 Å². The number of anilines is 3. The van der Waals surface area contributed by atoms with Crippen LogP contribution in [0, 0.1) is 0 Å². The summed E-state index contributed by atoms with van der Waals surface area (Å²) in [6.45, 7) is 11.9. The van der Waals surface area contributed by atoms with Gasteiger partial charge in [0, 0.05) is 33.2 Å². The van der Waals surface area contributed by atoms with Crippen molar-refractivity contribution in [2.45, 2.75) is 50.9 Å². The molecule has 0 bridgehead atoms. The van der Waals surface area contributed by atoms with Crippen molar-refractivity contribution in [1.29, 1.82) is 0 Å². The fourth-order valence-electron chi connectivity index (χ4n) is 11.8. The molecule has 0 amide bonds. The van der Waals surface area contributed by atoms with Crippen LogP contribution in [-0.2, 0) is 16.2 Å². The van der Waals surface area contributed by atoms with E-state index < -0.39 is 0 Å². The second kappa shape index (κ2) is 13.6. The number of fused-ring (bicyclic) bond motifs is 9. The maximum Gasteiger partial charge on any atom is 0.0543 e. The fraction of sp³-hybridized carbons (Fsp3) is 0.129. The van der Waals surface area contributed by atoms with Crippen molar-refractivity contribution in [3.63, 3.8) is 0 Å². The van der Waals surface area contributed by atoms with Gasteiger partial charge in [0.25, 0.3) is 0 Å². The molecule has 0 saturated heterocycles. The van der Waals surface area contributed by atoms with Gasteiger partial charge in [0.2, 0.25) is 0 Å². The van der Waals surface area contributed by atoms with Gasteiger partial charge in [-0.25, -0.2) is 0 Å². The molecule has 0 heterocycles. The second-order valence-corrected chi connectivity index (χ2v) is 19.0. The Morgan fingerprint density at radius 1 is 0.317 bits per heavy atom. The van der Waals surface area contributed by atoms with E-state index in [1.165, 1.54) is 100 Å². The fourth-order valence-corrected chi connectivity index (χ4v) is 11.8. The van der Waals surface area contributed by atoms with Crippen LogP contribution in [-0.4, -0.2) is 0 Å². The van der Waals surface area contributed by atoms with Gasteiger partial charge < -0.3 is 4.90 Å². The zero-order valence-electron chi connectivity index (χ0n) is 36.6. The Bertz CT molecular complexity index is 3290. The number of nitrogens with zero attached hydrogens (tertiary/aromatic N) is 1. The number of hydrogen-bond donors (Lipinski definition) is 0. The molecule has 9 aromatic carbocycles. The van der Waals surface area contributed by atoms with Crippen LogP contribution in [0.3, 0.4) is 0 Å². The van der Waals surface area contributed by atoms with E-state index in [9.17, 15) is 0 Å². The Hall–Kier alpha value is -7.22. The third-order valence-corrected chi connectivity index (χ3v) is 14.9. The standard InChI is InChI=1S/C62H49N/c1-60(2)52-27-12-9-22-47(52)49-37-34-41(39-56(49)60)40-32-35-44(36-33-40)63(57-31-17-30-55-58(57)51-24-11-14-29-54(51)62(55,5)43-19-7-6-8-20-43)45-21-15-18-42(38-45)46-25-16-26-50-48-23-10-13-28-53(48)61(3,4)59(46)50/h6-39H,1-5H3. The molecule has 302 valence electrons. The molecule has 0 N–H and O–H groups in total. The van der Waals surface area contributed by atoms with Crippen LogP contribution in [0.2, 0.25) is 0 Å². The zero-order valence-corrected chi connectivity index (χ0v) is 36.6. The molecule has 3 aliphatic carbocycles. The van der Waals surface area contributed by atoms with Crippen LogP contribution in [0.4, 0.5) is 17.1 Å². The Labute approximate surface area is 372 Å². The highest BCUT2D eigenvalue weighted by Gasteiger charge is 2.43. The lowest BCUT2D eigenvalue weighted by Crippen LogP contribution is -2.22. The molecule has 0 fully saturated rings. The summed E-state index contributed by atoms with van der Waals surface area (Å²) < 4.78 is 0. The van der Waals surface area contributed by atoms with E-state index in [0.29, 0.717) is 0 Å². The van der Waals surface area contributed by atoms with E-state index in [-0.39, 0.29) is 16.2 Å². The van der Waals surface area contributed by atoms with Crippen LogP contribution < -0.4 is 4.90 Å². The molecule has 0 spiro atoms. The van der Waals surface area contributed by atoms with Crippen molar-refractivity contribution in [1.82, 2.24) is 0 Å². The topological polar surface area (TPSA) is 3.24 Å². The first-order valence-electron chi connectivity index (χ1n) is 22.4. The Morgan fingerprint density at radius 3 is 1.63 bits per heavy atom. The minimum absolute atomic E-state index is 0.0567. The largest absolute Gasteiger partial charge is 0.310 e. The Morgan fingerprint density at radius 2 is 0.873 bits per heavy atom. The third-order valence-electron chi connectivity index (χ3n) is 14.9. The average molecular weight is 808 g/mol. The van der Waals surface area contributed by atoms with Crippen LogP contribution in [0.1, 0.15) is 73.6 Å². The molecular formula is C62H49N. The summed E-state index contributed by atoms with van der Waals surface area (Å²) in [5.74, 6) is 0. The first kappa shape index (κ1) is 37.5. The lowest BCUT2D eigenvalue weighted by Gasteiger charge is -2.31. The van der Waals surface area contributed by atoms with Crippen LogP contribution in [0.15, 0.2) is 206 Å². The van der Waals surface area contributed by atoms with E-state index >= 15 is 0 Å². The second-order valence-electron chi connectivity index (χ2n) is 19.0. The summed E-state index contributed by atoms with van der Waals surface area (Å²) in [6.07, 6.45) is 0. The monoisotopic (exact) mass is 807 g/mol. The minimum atomic E-state index is -0.313. The Balaban J connectivity index is 1.04. The van der Waals surface area contributed by atoms with Crippen LogP contribution in [0.25, 0.3) is 55.6 Å². The summed E-state index contributed by atoms with van der Waals surface area (Å²) in [7, 11) is 0. The molecule has 1 heteroatoms. The van der Waals surface area contributed by atoms with E-state index in [1.54, 1.807) is 0 Å². The molecule has 63 heavy (non-hydrogen) atoms. The number of rotatable bonds is 6. The normalized spacial score (nSPS) is 16.7. The molecule has 1 nitrogen and oxygen atoms in total. The van der Waals surface area contributed by atoms with Crippen molar-refractivity contribution in [3.05, 3.63) is 245 Å². The van der Waals surface area contributed by atoms with E-state index in [4.69, 9.17) is 0 Å². The molecule has 1 unspecified atom stereocenters. The molecule has 12 rings (SSSR count).